The predicted octanol–water partition coefficient (Wildman–Crippen LogP) is 6.96. The van der Waals surface area contributed by atoms with Crippen molar-refractivity contribution in [2.45, 2.75) is 6.54 Å². The number of hydrogen-bond donors (Lipinski definition) is 0. The maximum Gasteiger partial charge on any atom is 0.344 e. The van der Waals surface area contributed by atoms with E-state index in [4.69, 9.17) is 21.1 Å². The summed E-state index contributed by atoms with van der Waals surface area (Å²) in [6.07, 6.45) is 1.61. The van der Waals surface area contributed by atoms with E-state index in [1.807, 2.05) is 36.4 Å². The highest BCUT2D eigenvalue weighted by Gasteiger charge is 2.35. The molecular formula is C29H20ClNO5S. The minimum atomic E-state index is -0.509. The minimum absolute atomic E-state index is 0.134. The Morgan fingerprint density at radius 2 is 1.73 bits per heavy atom. The average molecular weight is 530 g/mol. The molecule has 0 atom stereocenters. The number of thioether (sulfide) groups is 1. The Balaban J connectivity index is 1.36. The third kappa shape index (κ3) is 5.23. The van der Waals surface area contributed by atoms with E-state index >= 15 is 0 Å². The maximum absolute atomic E-state index is 13.0. The molecule has 0 unspecified atom stereocenters. The summed E-state index contributed by atoms with van der Waals surface area (Å²) in [6.45, 7) is 0.134. The number of carbonyl (C=O) groups is 3. The van der Waals surface area contributed by atoms with E-state index in [0.717, 1.165) is 28.1 Å². The number of nitrogens with zero attached hydrogens (tertiary/aromatic N) is 1. The normalized spacial score (nSPS) is 14.4. The maximum atomic E-state index is 13.0. The summed E-state index contributed by atoms with van der Waals surface area (Å²) in [5.74, 6) is -0.336. The summed E-state index contributed by atoms with van der Waals surface area (Å²) in [6, 6.07) is 25.0. The zero-order chi connectivity index (χ0) is 25.9. The number of rotatable bonds is 6. The monoisotopic (exact) mass is 529 g/mol. The number of esters is 1. The standard InChI is InChI=1S/C29H20ClNO5S/c1-35-25-15-18(16-26-27(32)31(29(34)37-26)17-19-6-4-9-21(30)14-19)12-13-24(25)36-28(33)23-11-5-8-20-7-2-3-10-22(20)23/h2-16H,17H2,1H3/b26-16-. The molecule has 0 aliphatic carbocycles. The van der Waals surface area contributed by atoms with Crippen LogP contribution in [0.15, 0.2) is 89.8 Å². The summed E-state index contributed by atoms with van der Waals surface area (Å²) in [4.78, 5) is 39.9. The first kappa shape index (κ1) is 24.6. The molecule has 4 aromatic carbocycles. The van der Waals surface area contributed by atoms with E-state index in [9.17, 15) is 14.4 Å². The van der Waals surface area contributed by atoms with Crippen LogP contribution >= 0.6 is 23.4 Å². The molecule has 37 heavy (non-hydrogen) atoms. The predicted molar refractivity (Wildman–Crippen MR) is 145 cm³/mol. The van der Waals surface area contributed by atoms with Crippen LogP contribution in [-0.2, 0) is 11.3 Å². The summed E-state index contributed by atoms with van der Waals surface area (Å²) in [5, 5.41) is 1.90. The van der Waals surface area contributed by atoms with Gasteiger partial charge in [0.15, 0.2) is 11.5 Å². The van der Waals surface area contributed by atoms with E-state index in [2.05, 4.69) is 0 Å². The number of carbonyl (C=O) groups excluding carboxylic acids is 3. The fourth-order valence-corrected chi connectivity index (χ4v) is 5.07. The number of methoxy groups -OCH3 is 1. The lowest BCUT2D eigenvalue weighted by Crippen LogP contribution is -2.27. The van der Waals surface area contributed by atoms with E-state index in [1.54, 1.807) is 54.6 Å². The Bertz CT molecular complexity index is 1580. The van der Waals surface area contributed by atoms with Crippen molar-refractivity contribution in [3.8, 4) is 11.5 Å². The van der Waals surface area contributed by atoms with Crippen LogP contribution < -0.4 is 9.47 Å². The third-order valence-electron chi connectivity index (χ3n) is 5.80. The van der Waals surface area contributed by atoms with Crippen LogP contribution in [0.1, 0.15) is 21.5 Å². The number of fused-ring (bicyclic) bond motifs is 1. The molecule has 184 valence electrons. The second kappa shape index (κ2) is 10.5. The first-order valence-electron chi connectivity index (χ1n) is 11.3. The summed E-state index contributed by atoms with van der Waals surface area (Å²) >= 11 is 6.89. The highest BCUT2D eigenvalue weighted by atomic mass is 35.5. The van der Waals surface area contributed by atoms with Gasteiger partial charge in [0.2, 0.25) is 0 Å². The fourth-order valence-electron chi connectivity index (χ4n) is 4.02. The first-order chi connectivity index (χ1) is 17.9. The van der Waals surface area contributed by atoms with Gasteiger partial charge in [-0.1, -0.05) is 66.2 Å². The number of halogens is 1. The smallest absolute Gasteiger partial charge is 0.344 e. The van der Waals surface area contributed by atoms with E-state index in [-0.39, 0.29) is 28.3 Å². The Kier molecular flexibility index (Phi) is 6.99. The van der Waals surface area contributed by atoms with Gasteiger partial charge in [-0.25, -0.2) is 4.79 Å². The summed E-state index contributed by atoms with van der Waals surface area (Å²) < 4.78 is 11.1. The topological polar surface area (TPSA) is 72.9 Å². The molecule has 1 heterocycles. The van der Waals surface area contributed by atoms with Crippen LogP contribution in [0, 0.1) is 0 Å². The first-order valence-corrected chi connectivity index (χ1v) is 12.5. The van der Waals surface area contributed by atoms with E-state index < -0.39 is 5.97 Å². The van der Waals surface area contributed by atoms with Gasteiger partial charge in [0.05, 0.1) is 24.1 Å². The SMILES string of the molecule is COc1cc(/C=C2\SC(=O)N(Cc3cccc(Cl)c3)C2=O)ccc1OC(=O)c1cccc2ccccc12. The van der Waals surface area contributed by atoms with Crippen LogP contribution in [0.3, 0.4) is 0 Å². The molecule has 1 aliphatic rings. The molecule has 5 rings (SSSR count). The van der Waals surface area contributed by atoms with Gasteiger partial charge in [-0.3, -0.25) is 14.5 Å². The summed E-state index contributed by atoms with van der Waals surface area (Å²) in [5.41, 5.74) is 1.82. The molecule has 1 saturated heterocycles. The van der Waals surface area contributed by atoms with Crippen LogP contribution in [0.2, 0.25) is 5.02 Å². The molecule has 4 aromatic rings. The molecule has 1 fully saturated rings. The number of ether oxygens (including phenoxy) is 2. The van der Waals surface area contributed by atoms with Crippen molar-refractivity contribution in [2.75, 3.05) is 7.11 Å². The number of amides is 2. The molecule has 6 nitrogen and oxygen atoms in total. The van der Waals surface area contributed by atoms with Crippen molar-refractivity contribution in [2.24, 2.45) is 0 Å². The highest BCUT2D eigenvalue weighted by Crippen LogP contribution is 2.36. The fraction of sp³-hybridized carbons (Fsp3) is 0.0690. The quantitative estimate of drug-likeness (QED) is 0.153. The van der Waals surface area contributed by atoms with Gasteiger partial charge in [0, 0.05) is 5.02 Å². The minimum Gasteiger partial charge on any atom is -0.493 e. The van der Waals surface area contributed by atoms with Gasteiger partial charge < -0.3 is 9.47 Å². The summed E-state index contributed by atoms with van der Waals surface area (Å²) in [7, 11) is 1.47. The molecular weight excluding hydrogens is 510 g/mol. The Hall–Kier alpha value is -4.07. The molecule has 0 N–H and O–H groups in total. The Labute approximate surface area is 222 Å². The van der Waals surface area contributed by atoms with E-state index in [1.165, 1.54) is 12.0 Å². The van der Waals surface area contributed by atoms with Crippen LogP contribution in [0.25, 0.3) is 16.8 Å². The molecule has 1 aliphatic heterocycles. The molecule has 0 aromatic heterocycles. The lowest BCUT2D eigenvalue weighted by molar-refractivity contribution is -0.123. The van der Waals surface area contributed by atoms with Gasteiger partial charge in [0.25, 0.3) is 11.1 Å². The molecule has 2 amide bonds. The van der Waals surface area contributed by atoms with Crippen molar-refractivity contribution in [3.63, 3.8) is 0 Å². The molecule has 8 heteroatoms. The van der Waals surface area contributed by atoms with Gasteiger partial charge in [-0.05, 0) is 70.1 Å². The van der Waals surface area contributed by atoms with Crippen molar-refractivity contribution < 1.29 is 23.9 Å². The van der Waals surface area contributed by atoms with Gasteiger partial charge in [-0.2, -0.15) is 0 Å². The average Bonchev–Trinajstić information content (AvgIpc) is 3.16. The third-order valence-corrected chi connectivity index (χ3v) is 6.94. The van der Waals surface area contributed by atoms with Crippen LogP contribution in [-0.4, -0.2) is 29.1 Å². The number of imide groups is 1. The van der Waals surface area contributed by atoms with Gasteiger partial charge in [-0.15, -0.1) is 0 Å². The lowest BCUT2D eigenvalue weighted by atomic mass is 10.0. The van der Waals surface area contributed by atoms with Crippen LogP contribution in [0.5, 0.6) is 11.5 Å². The Morgan fingerprint density at radius 1 is 0.946 bits per heavy atom. The second-order valence-corrected chi connectivity index (χ2v) is 9.65. The zero-order valence-electron chi connectivity index (χ0n) is 19.6. The van der Waals surface area contributed by atoms with Crippen molar-refractivity contribution >= 4 is 57.3 Å². The molecule has 0 radical (unpaired) electrons. The molecule has 0 bridgehead atoms. The second-order valence-electron chi connectivity index (χ2n) is 8.22. The molecule has 0 spiro atoms. The van der Waals surface area contributed by atoms with Crippen molar-refractivity contribution in [1.82, 2.24) is 4.90 Å². The van der Waals surface area contributed by atoms with Gasteiger partial charge in [0.1, 0.15) is 0 Å². The number of benzene rings is 4. The number of hydrogen-bond acceptors (Lipinski definition) is 6. The zero-order valence-corrected chi connectivity index (χ0v) is 21.2. The lowest BCUT2D eigenvalue weighted by Gasteiger charge is -2.12. The molecule has 0 saturated carbocycles. The van der Waals surface area contributed by atoms with E-state index in [0.29, 0.717) is 21.9 Å². The van der Waals surface area contributed by atoms with Crippen molar-refractivity contribution in [1.29, 1.82) is 0 Å². The van der Waals surface area contributed by atoms with Crippen LogP contribution in [0.4, 0.5) is 4.79 Å². The van der Waals surface area contributed by atoms with Crippen molar-refractivity contribution in [3.05, 3.63) is 112 Å². The van der Waals surface area contributed by atoms with Gasteiger partial charge >= 0.3 is 5.97 Å². The highest BCUT2D eigenvalue weighted by molar-refractivity contribution is 8.18. The largest absolute Gasteiger partial charge is 0.493 e. The Morgan fingerprint density at radius 3 is 2.54 bits per heavy atom.